The molecule has 0 aliphatic heterocycles. The van der Waals surface area contributed by atoms with Crippen LogP contribution in [0.3, 0.4) is 0 Å². The molecule has 1 rings (SSSR count). The van der Waals surface area contributed by atoms with Gasteiger partial charge in [0.25, 0.3) is 0 Å². The molecule has 0 heterocycles. The summed E-state index contributed by atoms with van der Waals surface area (Å²) in [6.07, 6.45) is 0. The average Bonchev–Trinajstić information content (AvgIpc) is 2.37. The molecule has 0 radical (unpaired) electrons. The van der Waals surface area contributed by atoms with E-state index in [1.807, 2.05) is 24.3 Å². The van der Waals surface area contributed by atoms with E-state index in [1.54, 1.807) is 7.11 Å². The highest BCUT2D eigenvalue weighted by Crippen LogP contribution is 2.13. The Morgan fingerprint density at radius 2 is 1.89 bits per heavy atom. The number of halogens is 1. The molecule has 0 aromatic heterocycles. The van der Waals surface area contributed by atoms with Gasteiger partial charge in [-0.3, -0.25) is 4.90 Å². The van der Waals surface area contributed by atoms with Gasteiger partial charge in [0.15, 0.2) is 0 Å². The Bertz CT molecular complexity index is 341. The van der Waals surface area contributed by atoms with Crippen LogP contribution < -0.4 is 5.32 Å². The summed E-state index contributed by atoms with van der Waals surface area (Å²) in [4.78, 5) is 2.43. The van der Waals surface area contributed by atoms with E-state index in [0.717, 1.165) is 43.5 Å². The van der Waals surface area contributed by atoms with Crippen LogP contribution in [0.5, 0.6) is 0 Å². The maximum Gasteiger partial charge on any atom is 0.0589 e. The van der Waals surface area contributed by atoms with Crippen molar-refractivity contribution in [3.63, 3.8) is 0 Å². The minimum atomic E-state index is 0.674. The zero-order chi connectivity index (χ0) is 14.1. The van der Waals surface area contributed by atoms with Gasteiger partial charge in [-0.1, -0.05) is 25.4 Å². The highest BCUT2D eigenvalue weighted by molar-refractivity contribution is 6.30. The highest BCUT2D eigenvalue weighted by atomic mass is 35.5. The summed E-state index contributed by atoms with van der Waals surface area (Å²) in [6, 6.07) is 7.82. The predicted molar refractivity (Wildman–Crippen MR) is 83.1 cm³/mol. The lowest BCUT2D eigenvalue weighted by Crippen LogP contribution is -2.34. The van der Waals surface area contributed by atoms with E-state index in [4.69, 9.17) is 16.3 Å². The number of rotatable bonds is 9. The smallest absolute Gasteiger partial charge is 0.0589 e. The molecule has 0 saturated heterocycles. The lowest BCUT2D eigenvalue weighted by molar-refractivity contribution is 0.143. The molecule has 19 heavy (non-hydrogen) atoms. The van der Waals surface area contributed by atoms with Crippen LogP contribution in [-0.4, -0.2) is 44.8 Å². The van der Waals surface area contributed by atoms with Crippen LogP contribution in [0.15, 0.2) is 24.3 Å². The van der Waals surface area contributed by atoms with Gasteiger partial charge in [0.1, 0.15) is 0 Å². The van der Waals surface area contributed by atoms with Gasteiger partial charge in [-0.2, -0.15) is 0 Å². The molecule has 0 bridgehead atoms. The molecule has 0 aliphatic carbocycles. The van der Waals surface area contributed by atoms with Crippen molar-refractivity contribution in [1.29, 1.82) is 0 Å². The van der Waals surface area contributed by atoms with E-state index < -0.39 is 0 Å². The Hall–Kier alpha value is -0.770. The molecular weight excluding hydrogens is 260 g/mol. The van der Waals surface area contributed by atoms with Gasteiger partial charge >= 0.3 is 0 Å². The number of hydrogen-bond acceptors (Lipinski definition) is 3. The first-order chi connectivity index (χ1) is 9.11. The molecule has 0 saturated carbocycles. The normalized spacial score (nSPS) is 11.3. The molecule has 0 spiro atoms. The molecule has 1 aromatic carbocycles. The van der Waals surface area contributed by atoms with Crippen molar-refractivity contribution in [1.82, 2.24) is 4.90 Å². The third kappa shape index (κ3) is 7.41. The van der Waals surface area contributed by atoms with Gasteiger partial charge < -0.3 is 10.1 Å². The van der Waals surface area contributed by atoms with E-state index in [2.05, 4.69) is 24.1 Å². The molecule has 1 N–H and O–H groups in total. The van der Waals surface area contributed by atoms with Crippen molar-refractivity contribution in [3.05, 3.63) is 29.3 Å². The van der Waals surface area contributed by atoms with E-state index in [1.165, 1.54) is 0 Å². The first kappa shape index (κ1) is 16.3. The van der Waals surface area contributed by atoms with Crippen LogP contribution in [0, 0.1) is 5.92 Å². The number of anilines is 1. The van der Waals surface area contributed by atoms with Gasteiger partial charge in [-0.25, -0.2) is 0 Å². The summed E-state index contributed by atoms with van der Waals surface area (Å²) in [7, 11) is 1.75. The highest BCUT2D eigenvalue weighted by Gasteiger charge is 2.06. The van der Waals surface area contributed by atoms with Crippen molar-refractivity contribution in [3.8, 4) is 0 Å². The second-order valence-corrected chi connectivity index (χ2v) is 5.56. The fraction of sp³-hybridized carbons (Fsp3) is 0.600. The summed E-state index contributed by atoms with van der Waals surface area (Å²) in [5.74, 6) is 0.674. The Labute approximate surface area is 121 Å². The van der Waals surface area contributed by atoms with Crippen LogP contribution in [-0.2, 0) is 4.74 Å². The monoisotopic (exact) mass is 284 g/mol. The fourth-order valence-corrected chi connectivity index (χ4v) is 2.08. The third-order valence-electron chi connectivity index (χ3n) is 2.84. The lowest BCUT2D eigenvalue weighted by Gasteiger charge is -2.24. The van der Waals surface area contributed by atoms with Gasteiger partial charge in [0.2, 0.25) is 0 Å². The summed E-state index contributed by atoms with van der Waals surface area (Å²) in [5, 5.41) is 4.18. The number of nitrogens with zero attached hydrogens (tertiary/aromatic N) is 1. The molecule has 0 unspecified atom stereocenters. The molecule has 0 atom stereocenters. The van der Waals surface area contributed by atoms with Crippen molar-refractivity contribution in [2.75, 3.05) is 45.2 Å². The fourth-order valence-electron chi connectivity index (χ4n) is 1.96. The van der Waals surface area contributed by atoms with Crippen molar-refractivity contribution >= 4 is 17.3 Å². The van der Waals surface area contributed by atoms with E-state index in [0.29, 0.717) is 5.92 Å². The van der Waals surface area contributed by atoms with Crippen molar-refractivity contribution < 1.29 is 4.74 Å². The average molecular weight is 285 g/mol. The van der Waals surface area contributed by atoms with Gasteiger partial charge in [-0.15, -0.1) is 0 Å². The Balaban J connectivity index is 2.32. The molecule has 0 amide bonds. The standard InChI is InChI=1S/C15H25ClN2O/c1-13(2)12-18(10-11-19-3)9-8-17-15-6-4-14(16)5-7-15/h4-7,13,17H,8-12H2,1-3H3. The minimum absolute atomic E-state index is 0.674. The second kappa shape index (κ2) is 9.18. The molecule has 108 valence electrons. The molecule has 0 fully saturated rings. The number of methoxy groups -OCH3 is 1. The summed E-state index contributed by atoms with van der Waals surface area (Å²) < 4.78 is 5.15. The number of nitrogens with one attached hydrogen (secondary N) is 1. The molecular formula is C15H25ClN2O. The number of benzene rings is 1. The topological polar surface area (TPSA) is 24.5 Å². The Morgan fingerprint density at radius 3 is 2.47 bits per heavy atom. The summed E-state index contributed by atoms with van der Waals surface area (Å²) in [5.41, 5.74) is 1.11. The summed E-state index contributed by atoms with van der Waals surface area (Å²) in [6.45, 7) is 9.30. The number of ether oxygens (including phenoxy) is 1. The first-order valence-corrected chi connectivity index (χ1v) is 7.20. The van der Waals surface area contributed by atoms with Crippen molar-refractivity contribution in [2.24, 2.45) is 5.92 Å². The van der Waals surface area contributed by atoms with Gasteiger partial charge in [0.05, 0.1) is 6.61 Å². The van der Waals surface area contributed by atoms with Crippen molar-refractivity contribution in [2.45, 2.75) is 13.8 Å². The van der Waals surface area contributed by atoms with Crippen LogP contribution in [0.4, 0.5) is 5.69 Å². The maximum absolute atomic E-state index is 5.86. The van der Waals surface area contributed by atoms with Crippen LogP contribution in [0.2, 0.25) is 5.02 Å². The minimum Gasteiger partial charge on any atom is -0.384 e. The van der Waals surface area contributed by atoms with Gasteiger partial charge in [0, 0.05) is 44.0 Å². The Kier molecular flexibility index (Phi) is 7.87. The van der Waals surface area contributed by atoms with Crippen LogP contribution >= 0.6 is 11.6 Å². The largest absolute Gasteiger partial charge is 0.384 e. The first-order valence-electron chi connectivity index (χ1n) is 6.82. The maximum atomic E-state index is 5.86. The SMILES string of the molecule is COCCN(CCNc1ccc(Cl)cc1)CC(C)C. The van der Waals surface area contributed by atoms with E-state index in [9.17, 15) is 0 Å². The van der Waals surface area contributed by atoms with E-state index >= 15 is 0 Å². The third-order valence-corrected chi connectivity index (χ3v) is 3.09. The lowest BCUT2D eigenvalue weighted by atomic mass is 10.2. The summed E-state index contributed by atoms with van der Waals surface area (Å²) >= 11 is 5.86. The zero-order valence-corrected chi connectivity index (χ0v) is 12.9. The molecule has 3 nitrogen and oxygen atoms in total. The quantitative estimate of drug-likeness (QED) is 0.753. The Morgan fingerprint density at radius 1 is 1.21 bits per heavy atom. The number of hydrogen-bond donors (Lipinski definition) is 1. The zero-order valence-electron chi connectivity index (χ0n) is 12.2. The van der Waals surface area contributed by atoms with E-state index in [-0.39, 0.29) is 0 Å². The van der Waals surface area contributed by atoms with Gasteiger partial charge in [-0.05, 0) is 30.2 Å². The predicted octanol–water partition coefficient (Wildman–Crippen LogP) is 3.36. The molecule has 4 heteroatoms. The second-order valence-electron chi connectivity index (χ2n) is 5.12. The molecule has 1 aromatic rings. The molecule has 0 aliphatic rings. The van der Waals surface area contributed by atoms with Crippen LogP contribution in [0.1, 0.15) is 13.8 Å². The van der Waals surface area contributed by atoms with Crippen LogP contribution in [0.25, 0.3) is 0 Å².